The number of H-pyrrole nitrogens is 1. The number of rotatable bonds is 8. The maximum Gasteiger partial charge on any atom is 0.204 e. The van der Waals surface area contributed by atoms with Gasteiger partial charge in [-0.3, -0.25) is 4.79 Å². The first-order valence-corrected chi connectivity index (χ1v) is 11.9. The van der Waals surface area contributed by atoms with Crippen LogP contribution in [0.4, 0.5) is 0 Å². The molecular formula is C25H34N4OS. The number of aryl methyl sites for hydroxylation is 3. The number of benzene rings is 1. The molecule has 0 amide bonds. The van der Waals surface area contributed by atoms with E-state index in [2.05, 4.69) is 72.6 Å². The summed E-state index contributed by atoms with van der Waals surface area (Å²) in [6, 6.07) is 8.94. The highest BCUT2D eigenvalue weighted by Gasteiger charge is 2.33. The molecule has 1 N–H and O–H groups in total. The van der Waals surface area contributed by atoms with Crippen molar-refractivity contribution in [1.82, 2.24) is 20.6 Å². The first-order valence-electron chi connectivity index (χ1n) is 11.1. The van der Waals surface area contributed by atoms with Gasteiger partial charge in [-0.05, 0) is 61.1 Å². The van der Waals surface area contributed by atoms with E-state index in [1.807, 2.05) is 32.1 Å². The molecule has 0 unspecified atom stereocenters. The number of nitrogens with one attached hydrogen (secondary N) is 1. The molecule has 1 aromatic carbocycles. The Hall–Kier alpha value is -2.34. The van der Waals surface area contributed by atoms with Crippen LogP contribution in [-0.2, 0) is 16.6 Å². The lowest BCUT2D eigenvalue weighted by Crippen LogP contribution is -2.25. The summed E-state index contributed by atoms with van der Waals surface area (Å²) >= 11 is 1.88. The van der Waals surface area contributed by atoms with Crippen LogP contribution < -0.4 is 0 Å². The molecule has 0 aliphatic heterocycles. The summed E-state index contributed by atoms with van der Waals surface area (Å²) in [5.41, 5.74) is 4.45. The minimum Gasteiger partial charge on any atom is -0.299 e. The summed E-state index contributed by atoms with van der Waals surface area (Å²) in [5, 5.41) is 14.5. The van der Waals surface area contributed by atoms with E-state index in [9.17, 15) is 4.79 Å². The van der Waals surface area contributed by atoms with E-state index >= 15 is 0 Å². The molecule has 0 saturated carbocycles. The molecule has 0 spiro atoms. The zero-order valence-electron chi connectivity index (χ0n) is 19.8. The number of nitrogens with zero attached hydrogens (tertiary/aromatic N) is 3. The molecule has 0 fully saturated rings. The average molecular weight is 439 g/mol. The Kier molecular flexibility index (Phi) is 6.79. The van der Waals surface area contributed by atoms with Crippen LogP contribution >= 0.6 is 11.3 Å². The van der Waals surface area contributed by atoms with Crippen LogP contribution in [0, 0.1) is 19.3 Å². The summed E-state index contributed by atoms with van der Waals surface area (Å²) in [7, 11) is 0. The number of ketones is 1. The van der Waals surface area contributed by atoms with Crippen LogP contribution in [0.5, 0.6) is 0 Å². The summed E-state index contributed by atoms with van der Waals surface area (Å²) in [6.07, 6.45) is 3.47. The molecule has 0 bridgehead atoms. The Labute approximate surface area is 189 Å². The molecule has 0 saturated heterocycles. The largest absolute Gasteiger partial charge is 0.299 e. The molecule has 166 valence electrons. The van der Waals surface area contributed by atoms with Gasteiger partial charge >= 0.3 is 0 Å². The molecular weight excluding hydrogens is 404 g/mol. The lowest BCUT2D eigenvalue weighted by atomic mass is 9.74. The van der Waals surface area contributed by atoms with E-state index in [4.69, 9.17) is 0 Å². The number of Topliss-reactive ketones (excluding diaryl/α,β-unsaturated/α-hetero) is 1. The molecule has 3 rings (SSSR count). The van der Waals surface area contributed by atoms with E-state index in [0.29, 0.717) is 18.0 Å². The van der Waals surface area contributed by atoms with Crippen LogP contribution in [0.15, 0.2) is 24.3 Å². The third kappa shape index (κ3) is 4.64. The van der Waals surface area contributed by atoms with Crippen molar-refractivity contribution in [3.63, 3.8) is 0 Å². The number of tetrazole rings is 1. The quantitative estimate of drug-likeness (QED) is 0.454. The van der Waals surface area contributed by atoms with Crippen molar-refractivity contribution >= 4 is 17.1 Å². The predicted molar refractivity (Wildman–Crippen MR) is 128 cm³/mol. The van der Waals surface area contributed by atoms with Gasteiger partial charge in [0.05, 0.1) is 0 Å². The summed E-state index contributed by atoms with van der Waals surface area (Å²) in [5.74, 6) is 0.951. The van der Waals surface area contributed by atoms with Crippen LogP contribution in [0.3, 0.4) is 0 Å². The van der Waals surface area contributed by atoms with Crippen molar-refractivity contribution in [2.75, 3.05) is 0 Å². The minimum absolute atomic E-state index is 0.0394. The minimum atomic E-state index is -0.275. The highest BCUT2D eigenvalue weighted by Crippen LogP contribution is 2.44. The Bertz CT molecular complexity index is 1040. The second-order valence-electron chi connectivity index (χ2n) is 9.44. The van der Waals surface area contributed by atoms with Gasteiger partial charge in [-0.1, -0.05) is 52.8 Å². The lowest BCUT2D eigenvalue weighted by molar-refractivity contribution is -0.126. The average Bonchev–Trinajstić information content (AvgIpc) is 3.37. The Morgan fingerprint density at radius 2 is 1.77 bits per heavy atom. The number of hydrogen-bond acceptors (Lipinski definition) is 5. The molecule has 31 heavy (non-hydrogen) atoms. The van der Waals surface area contributed by atoms with Crippen molar-refractivity contribution in [3.8, 4) is 11.4 Å². The fourth-order valence-electron chi connectivity index (χ4n) is 4.24. The zero-order valence-corrected chi connectivity index (χ0v) is 20.6. The van der Waals surface area contributed by atoms with Crippen LogP contribution in [0.2, 0.25) is 0 Å². The molecule has 3 aromatic rings. The Morgan fingerprint density at radius 3 is 2.32 bits per heavy atom. The van der Waals surface area contributed by atoms with E-state index in [1.54, 1.807) is 0 Å². The normalized spacial score (nSPS) is 12.4. The maximum absolute atomic E-state index is 12.4. The molecule has 0 atom stereocenters. The van der Waals surface area contributed by atoms with Crippen molar-refractivity contribution in [2.45, 2.75) is 79.6 Å². The second kappa shape index (κ2) is 9.03. The number of carbonyl (C=O) groups excluding carboxylic acids is 1. The van der Waals surface area contributed by atoms with Gasteiger partial charge in [0, 0.05) is 32.6 Å². The third-order valence-electron chi connectivity index (χ3n) is 6.48. The molecule has 0 aliphatic rings. The van der Waals surface area contributed by atoms with Crippen molar-refractivity contribution < 1.29 is 4.79 Å². The van der Waals surface area contributed by atoms with Crippen LogP contribution in [0.1, 0.15) is 80.3 Å². The standard InChI is InChI=1S/C25H34N4OS/c1-8-25(9-2,18-10-11-19(16(3)14-18)23-26-28-29-27-23)22-15-17(4)20(31-22)12-13-21(30)24(5,6)7/h10-11,14-15H,8-9,12-13H2,1-7H3,(H,26,27,28,29). The Balaban J connectivity index is 1.95. The third-order valence-corrected chi connectivity index (χ3v) is 7.98. The van der Waals surface area contributed by atoms with Crippen molar-refractivity contribution in [1.29, 1.82) is 0 Å². The highest BCUT2D eigenvalue weighted by molar-refractivity contribution is 7.12. The van der Waals surface area contributed by atoms with Crippen LogP contribution in [-0.4, -0.2) is 26.4 Å². The number of aromatic amines is 1. The number of thiophene rings is 1. The zero-order chi connectivity index (χ0) is 22.8. The molecule has 2 aromatic heterocycles. The number of aromatic nitrogens is 4. The smallest absolute Gasteiger partial charge is 0.204 e. The highest BCUT2D eigenvalue weighted by atomic mass is 32.1. The van der Waals surface area contributed by atoms with E-state index in [1.165, 1.54) is 20.9 Å². The van der Waals surface area contributed by atoms with Gasteiger partial charge in [-0.25, -0.2) is 0 Å². The first-order chi connectivity index (χ1) is 14.6. The summed E-state index contributed by atoms with van der Waals surface area (Å²) in [6.45, 7) is 14.8. The summed E-state index contributed by atoms with van der Waals surface area (Å²) < 4.78 is 0. The van der Waals surface area contributed by atoms with E-state index < -0.39 is 0 Å². The van der Waals surface area contributed by atoms with Crippen molar-refractivity contribution in [3.05, 3.63) is 50.7 Å². The molecule has 6 heteroatoms. The Morgan fingerprint density at radius 1 is 1.06 bits per heavy atom. The predicted octanol–water partition coefficient (Wildman–Crippen LogP) is 6.20. The molecule has 2 heterocycles. The van der Waals surface area contributed by atoms with Gasteiger partial charge in [0.2, 0.25) is 5.82 Å². The van der Waals surface area contributed by atoms with E-state index in [-0.39, 0.29) is 10.8 Å². The fourth-order valence-corrected chi connectivity index (χ4v) is 5.77. The SMILES string of the molecule is CCC(CC)(c1ccc(-c2nn[nH]n2)c(C)c1)c1cc(C)c(CCC(=O)C(C)(C)C)s1. The van der Waals surface area contributed by atoms with E-state index in [0.717, 1.165) is 30.4 Å². The second-order valence-corrected chi connectivity index (χ2v) is 10.6. The maximum atomic E-state index is 12.4. The van der Waals surface area contributed by atoms with Crippen molar-refractivity contribution in [2.24, 2.45) is 5.41 Å². The molecule has 0 aliphatic carbocycles. The molecule has 5 nitrogen and oxygen atoms in total. The van der Waals surface area contributed by atoms with Gasteiger partial charge < -0.3 is 0 Å². The summed E-state index contributed by atoms with van der Waals surface area (Å²) in [4.78, 5) is 15.2. The molecule has 0 radical (unpaired) electrons. The first kappa shape index (κ1) is 23.3. The van der Waals surface area contributed by atoms with Gasteiger partial charge in [0.25, 0.3) is 0 Å². The number of carbonyl (C=O) groups is 1. The topological polar surface area (TPSA) is 71.5 Å². The van der Waals surface area contributed by atoms with Gasteiger partial charge in [-0.2, -0.15) is 5.21 Å². The van der Waals surface area contributed by atoms with Gasteiger partial charge in [0.1, 0.15) is 5.78 Å². The lowest BCUT2D eigenvalue weighted by Gasteiger charge is -2.32. The monoisotopic (exact) mass is 438 g/mol. The van der Waals surface area contributed by atoms with Gasteiger partial charge in [-0.15, -0.1) is 21.5 Å². The van der Waals surface area contributed by atoms with Crippen LogP contribution in [0.25, 0.3) is 11.4 Å². The number of hydrogen-bond donors (Lipinski definition) is 1. The fraction of sp³-hybridized carbons (Fsp3) is 0.520. The van der Waals surface area contributed by atoms with Gasteiger partial charge in [0.15, 0.2) is 0 Å².